The van der Waals surface area contributed by atoms with Crippen molar-refractivity contribution >= 4 is 17.3 Å². The fourth-order valence-electron chi connectivity index (χ4n) is 4.39. The van der Waals surface area contributed by atoms with Crippen LogP contribution in [-0.4, -0.2) is 5.91 Å². The van der Waals surface area contributed by atoms with Gasteiger partial charge >= 0.3 is 0 Å². The topological polar surface area (TPSA) is 20.3 Å². The van der Waals surface area contributed by atoms with Gasteiger partial charge in [-0.2, -0.15) is 0 Å². The molecule has 116 valence electrons. The van der Waals surface area contributed by atoms with Gasteiger partial charge in [-0.25, -0.2) is 0 Å². The lowest BCUT2D eigenvalue weighted by atomic mass is 9.68. The molecule has 2 nitrogen and oxygen atoms in total. The monoisotopic (exact) mass is 311 g/mol. The Kier molecular flexibility index (Phi) is 2.58. The van der Waals surface area contributed by atoms with Crippen molar-refractivity contribution in [3.05, 3.63) is 95.1 Å². The van der Waals surface area contributed by atoms with Crippen molar-refractivity contribution in [2.75, 3.05) is 4.90 Å². The highest BCUT2D eigenvalue weighted by atomic mass is 16.2. The van der Waals surface area contributed by atoms with Crippen LogP contribution in [0.25, 0.3) is 0 Å². The zero-order valence-electron chi connectivity index (χ0n) is 13.5. The van der Waals surface area contributed by atoms with Crippen molar-refractivity contribution in [2.24, 2.45) is 0 Å². The number of rotatable bonds is 1. The number of benzene rings is 3. The van der Waals surface area contributed by atoms with Gasteiger partial charge in [0.05, 0.1) is 11.1 Å². The highest BCUT2D eigenvalue weighted by Crippen LogP contribution is 2.53. The van der Waals surface area contributed by atoms with Crippen molar-refractivity contribution < 1.29 is 4.79 Å². The first-order valence-corrected chi connectivity index (χ1v) is 8.31. The molecule has 0 saturated heterocycles. The molecule has 1 amide bonds. The molecule has 1 unspecified atom stereocenters. The van der Waals surface area contributed by atoms with Gasteiger partial charge in [-0.15, -0.1) is 0 Å². The van der Waals surface area contributed by atoms with E-state index in [0.717, 1.165) is 23.4 Å². The van der Waals surface area contributed by atoms with Crippen LogP contribution in [0.1, 0.15) is 29.2 Å². The minimum Gasteiger partial charge on any atom is -0.280 e. The fourth-order valence-corrected chi connectivity index (χ4v) is 4.39. The maximum absolute atomic E-state index is 13.6. The van der Waals surface area contributed by atoms with E-state index in [1.807, 2.05) is 41.3 Å². The largest absolute Gasteiger partial charge is 0.280 e. The highest BCUT2D eigenvalue weighted by molar-refractivity contribution is 6.15. The summed E-state index contributed by atoms with van der Waals surface area (Å²) in [7, 11) is 0. The minimum atomic E-state index is -0.601. The molecular formula is C22H17NO. The normalized spacial score (nSPS) is 20.7. The van der Waals surface area contributed by atoms with Crippen molar-refractivity contribution in [2.45, 2.75) is 18.8 Å². The summed E-state index contributed by atoms with van der Waals surface area (Å²) in [6.07, 6.45) is 0.894. The third-order valence-electron chi connectivity index (χ3n) is 5.45. The maximum Gasteiger partial charge on any atom is 0.246 e. The summed E-state index contributed by atoms with van der Waals surface area (Å²) in [5.41, 5.74) is 6.21. The third-order valence-corrected chi connectivity index (χ3v) is 5.45. The number of carbonyl (C=O) groups is 1. The van der Waals surface area contributed by atoms with E-state index >= 15 is 0 Å². The molecule has 0 radical (unpaired) electrons. The van der Waals surface area contributed by atoms with Crippen molar-refractivity contribution in [3.63, 3.8) is 0 Å². The molecule has 3 aromatic carbocycles. The van der Waals surface area contributed by atoms with Crippen molar-refractivity contribution in [1.82, 2.24) is 0 Å². The molecule has 0 fully saturated rings. The van der Waals surface area contributed by atoms with E-state index in [0.29, 0.717) is 0 Å². The van der Waals surface area contributed by atoms with Crippen molar-refractivity contribution in [1.29, 1.82) is 0 Å². The lowest BCUT2D eigenvalue weighted by molar-refractivity contribution is -0.120. The number of hydrogen-bond donors (Lipinski definition) is 0. The lowest BCUT2D eigenvalue weighted by Gasteiger charge is -2.32. The summed E-state index contributed by atoms with van der Waals surface area (Å²) in [5.74, 6) is 0.142. The fraction of sp³-hybridized carbons (Fsp3) is 0.136. The standard InChI is InChI=1S/C22H17NO/c1-22-18-12-6-5-8-15(18)14-16-9-7-13-19(20(16)22)23(21(22)24)17-10-3-2-4-11-17/h2-13H,14H2,1H3. The zero-order valence-corrected chi connectivity index (χ0v) is 13.5. The van der Waals surface area contributed by atoms with Crippen LogP contribution < -0.4 is 4.90 Å². The van der Waals surface area contributed by atoms with Crippen LogP contribution in [0.15, 0.2) is 72.8 Å². The molecule has 0 spiro atoms. The predicted molar refractivity (Wildman–Crippen MR) is 95.7 cm³/mol. The molecule has 1 aliphatic heterocycles. The Bertz CT molecular complexity index is 976. The SMILES string of the molecule is CC12C(=O)N(c3ccccc3)c3cccc(c31)Cc1ccccc12. The van der Waals surface area contributed by atoms with E-state index < -0.39 is 5.41 Å². The first-order valence-electron chi connectivity index (χ1n) is 8.31. The van der Waals surface area contributed by atoms with Gasteiger partial charge in [-0.3, -0.25) is 9.69 Å². The smallest absolute Gasteiger partial charge is 0.246 e. The highest BCUT2D eigenvalue weighted by Gasteiger charge is 2.52. The van der Waals surface area contributed by atoms with Crippen molar-refractivity contribution in [3.8, 4) is 0 Å². The number of carbonyl (C=O) groups excluding carboxylic acids is 1. The van der Waals surface area contributed by atoms with Gasteiger partial charge in [0.15, 0.2) is 0 Å². The zero-order chi connectivity index (χ0) is 16.3. The molecule has 0 aromatic heterocycles. The molecule has 0 N–H and O–H groups in total. The van der Waals surface area contributed by atoms with E-state index in [4.69, 9.17) is 0 Å². The average Bonchev–Trinajstić information content (AvgIpc) is 2.86. The Morgan fingerprint density at radius 3 is 2.38 bits per heavy atom. The van der Waals surface area contributed by atoms with Gasteiger partial charge in [-0.1, -0.05) is 54.6 Å². The number of fused-ring (bicyclic) bond motifs is 2. The Morgan fingerprint density at radius 2 is 1.54 bits per heavy atom. The van der Waals surface area contributed by atoms with E-state index in [1.54, 1.807) is 0 Å². The maximum atomic E-state index is 13.6. The van der Waals surface area contributed by atoms with Gasteiger partial charge in [0.1, 0.15) is 0 Å². The molecule has 3 aromatic rings. The second-order valence-electron chi connectivity index (χ2n) is 6.75. The number of amides is 1. The van der Waals surface area contributed by atoms with Gasteiger partial charge < -0.3 is 0 Å². The van der Waals surface area contributed by atoms with E-state index in [2.05, 4.69) is 43.3 Å². The summed E-state index contributed by atoms with van der Waals surface area (Å²) in [5, 5.41) is 0. The van der Waals surface area contributed by atoms with Gasteiger partial charge in [0.25, 0.3) is 0 Å². The lowest BCUT2D eigenvalue weighted by Crippen LogP contribution is -2.39. The average molecular weight is 311 g/mol. The summed E-state index contributed by atoms with van der Waals surface area (Å²) in [4.78, 5) is 15.5. The number of anilines is 2. The Balaban J connectivity index is 1.84. The quantitative estimate of drug-likeness (QED) is 0.644. The van der Waals surface area contributed by atoms with Crippen LogP contribution in [0, 0.1) is 0 Å². The molecule has 1 aliphatic carbocycles. The van der Waals surface area contributed by atoms with Gasteiger partial charge in [0.2, 0.25) is 5.91 Å². The molecule has 2 aliphatic rings. The molecule has 2 heteroatoms. The minimum absolute atomic E-state index is 0.142. The molecule has 1 atom stereocenters. The van der Waals surface area contributed by atoms with E-state index in [9.17, 15) is 4.79 Å². The van der Waals surface area contributed by atoms with E-state index in [1.165, 1.54) is 16.7 Å². The van der Waals surface area contributed by atoms with Crippen LogP contribution in [-0.2, 0) is 16.6 Å². The summed E-state index contributed by atoms with van der Waals surface area (Å²) in [6, 6.07) is 24.6. The molecule has 5 rings (SSSR count). The Morgan fingerprint density at radius 1 is 0.833 bits per heavy atom. The first kappa shape index (κ1) is 13.6. The summed E-state index contributed by atoms with van der Waals surface area (Å²) < 4.78 is 0. The Labute approximate surface area is 141 Å². The predicted octanol–water partition coefficient (Wildman–Crippen LogP) is 4.58. The molecule has 1 heterocycles. The summed E-state index contributed by atoms with van der Waals surface area (Å²) >= 11 is 0. The molecular weight excluding hydrogens is 294 g/mol. The van der Waals surface area contributed by atoms with Crippen LogP contribution >= 0.6 is 0 Å². The second-order valence-corrected chi connectivity index (χ2v) is 6.75. The summed E-state index contributed by atoms with van der Waals surface area (Å²) in [6.45, 7) is 2.08. The van der Waals surface area contributed by atoms with E-state index in [-0.39, 0.29) is 5.91 Å². The van der Waals surface area contributed by atoms with Crippen LogP contribution in [0.3, 0.4) is 0 Å². The van der Waals surface area contributed by atoms with Crippen LogP contribution in [0.5, 0.6) is 0 Å². The second kappa shape index (κ2) is 4.57. The first-order chi connectivity index (χ1) is 11.7. The number of nitrogens with zero attached hydrogens (tertiary/aromatic N) is 1. The molecule has 24 heavy (non-hydrogen) atoms. The molecule has 0 bridgehead atoms. The van der Waals surface area contributed by atoms with Gasteiger partial charge in [0, 0.05) is 5.69 Å². The Hall–Kier alpha value is -2.87. The number of hydrogen-bond acceptors (Lipinski definition) is 1. The number of para-hydroxylation sites is 1. The van der Waals surface area contributed by atoms with Crippen LogP contribution in [0.4, 0.5) is 11.4 Å². The third kappa shape index (κ3) is 1.53. The molecule has 0 saturated carbocycles. The van der Waals surface area contributed by atoms with Gasteiger partial charge in [-0.05, 0) is 53.8 Å². The van der Waals surface area contributed by atoms with Crippen LogP contribution in [0.2, 0.25) is 0 Å².